The van der Waals surface area contributed by atoms with E-state index in [9.17, 15) is 9.90 Å². The lowest BCUT2D eigenvalue weighted by atomic mass is 10.1. The molecule has 11 nitrogen and oxygen atoms in total. The van der Waals surface area contributed by atoms with Gasteiger partial charge < -0.3 is 10.8 Å². The van der Waals surface area contributed by atoms with Gasteiger partial charge >= 0.3 is 0 Å². The fraction of sp³-hybridized carbons (Fsp3) is 0.200. The molecule has 3 rings (SSSR count). The van der Waals surface area contributed by atoms with Crippen LogP contribution in [0.4, 0.5) is 5.82 Å². The highest BCUT2D eigenvalue weighted by atomic mass is 16.6. The SMILES string of the molecule is CC(C)c1c(C(=O)N/N=C\c2cccc(O)c2)nnn1-c1nonc1N. The number of rotatable bonds is 5. The summed E-state index contributed by atoms with van der Waals surface area (Å²) in [6, 6.07) is 6.43. The zero-order valence-corrected chi connectivity index (χ0v) is 14.0. The van der Waals surface area contributed by atoms with Gasteiger partial charge in [-0.05, 0) is 33.9 Å². The third-order valence-electron chi connectivity index (χ3n) is 3.41. The van der Waals surface area contributed by atoms with Gasteiger partial charge in [0.1, 0.15) is 5.75 Å². The minimum absolute atomic E-state index is 0.0330. The molecule has 0 atom stereocenters. The minimum Gasteiger partial charge on any atom is -0.508 e. The summed E-state index contributed by atoms with van der Waals surface area (Å²) >= 11 is 0. The molecule has 2 heterocycles. The van der Waals surface area contributed by atoms with Crippen LogP contribution < -0.4 is 11.2 Å². The largest absolute Gasteiger partial charge is 0.508 e. The number of aromatic nitrogens is 5. The van der Waals surface area contributed by atoms with E-state index in [1.807, 2.05) is 13.8 Å². The molecule has 0 aliphatic rings. The molecule has 0 radical (unpaired) electrons. The quantitative estimate of drug-likeness (QED) is 0.448. The summed E-state index contributed by atoms with van der Waals surface area (Å²) in [5.74, 6) is -0.374. The van der Waals surface area contributed by atoms with Gasteiger partial charge in [0.2, 0.25) is 11.6 Å². The minimum atomic E-state index is -0.550. The van der Waals surface area contributed by atoms with Gasteiger partial charge in [-0.2, -0.15) is 9.78 Å². The van der Waals surface area contributed by atoms with Crippen molar-refractivity contribution in [1.82, 2.24) is 30.7 Å². The second kappa shape index (κ2) is 7.01. The Morgan fingerprint density at radius 2 is 2.23 bits per heavy atom. The first-order valence-electron chi connectivity index (χ1n) is 7.63. The topological polar surface area (TPSA) is 157 Å². The molecule has 0 spiro atoms. The summed E-state index contributed by atoms with van der Waals surface area (Å²) in [5.41, 5.74) is 9.25. The van der Waals surface area contributed by atoms with E-state index >= 15 is 0 Å². The van der Waals surface area contributed by atoms with Crippen molar-refractivity contribution in [3.8, 4) is 11.6 Å². The van der Waals surface area contributed by atoms with Crippen molar-refractivity contribution in [1.29, 1.82) is 0 Å². The number of nitrogen functional groups attached to an aromatic ring is 1. The smallest absolute Gasteiger partial charge is 0.293 e. The molecule has 0 saturated carbocycles. The first-order valence-corrected chi connectivity index (χ1v) is 7.63. The number of aromatic hydroxyl groups is 1. The normalized spacial score (nSPS) is 11.3. The molecule has 1 amide bonds. The van der Waals surface area contributed by atoms with Crippen molar-refractivity contribution in [3.63, 3.8) is 0 Å². The number of amides is 1. The zero-order chi connectivity index (χ0) is 18.7. The molecular weight excluding hydrogens is 340 g/mol. The molecular formula is C15H16N8O3. The predicted octanol–water partition coefficient (Wildman–Crippen LogP) is 0.825. The number of hydrogen-bond acceptors (Lipinski definition) is 9. The lowest BCUT2D eigenvalue weighted by molar-refractivity contribution is 0.0948. The number of benzene rings is 1. The van der Waals surface area contributed by atoms with Crippen LogP contribution in [0.3, 0.4) is 0 Å². The van der Waals surface area contributed by atoms with Crippen molar-refractivity contribution < 1.29 is 14.5 Å². The van der Waals surface area contributed by atoms with E-state index in [1.165, 1.54) is 23.0 Å². The maximum absolute atomic E-state index is 12.4. The van der Waals surface area contributed by atoms with Crippen LogP contribution in [0.1, 0.15) is 41.5 Å². The first kappa shape index (κ1) is 17.1. The van der Waals surface area contributed by atoms with Crippen LogP contribution in [0.25, 0.3) is 5.82 Å². The number of nitrogens with zero attached hydrogens (tertiary/aromatic N) is 6. The number of phenols is 1. The maximum Gasteiger partial charge on any atom is 0.293 e. The Bertz CT molecular complexity index is 959. The van der Waals surface area contributed by atoms with Crippen molar-refractivity contribution in [2.75, 3.05) is 5.73 Å². The standard InChI is InChI=1S/C15H16N8O3/c1-8(2)12-11(18-22-23(12)14-13(16)20-26-21-14)15(25)19-17-7-9-4-3-5-10(24)6-9/h3-8,24H,1-2H3,(H2,16,20)(H,19,25)/b17-7-. The lowest BCUT2D eigenvalue weighted by Gasteiger charge is -2.08. The van der Waals surface area contributed by atoms with E-state index in [4.69, 9.17) is 5.73 Å². The molecule has 134 valence electrons. The summed E-state index contributed by atoms with van der Waals surface area (Å²) in [4.78, 5) is 12.4. The average molecular weight is 356 g/mol. The molecule has 4 N–H and O–H groups in total. The second-order valence-electron chi connectivity index (χ2n) is 5.66. The van der Waals surface area contributed by atoms with Crippen LogP contribution in [0, 0.1) is 0 Å². The highest BCUT2D eigenvalue weighted by Crippen LogP contribution is 2.22. The van der Waals surface area contributed by atoms with Gasteiger partial charge in [-0.25, -0.2) is 10.1 Å². The summed E-state index contributed by atoms with van der Waals surface area (Å²) in [6.07, 6.45) is 1.40. The van der Waals surface area contributed by atoms with E-state index in [-0.39, 0.29) is 29.0 Å². The van der Waals surface area contributed by atoms with Crippen molar-refractivity contribution in [2.45, 2.75) is 19.8 Å². The molecule has 0 fully saturated rings. The van der Waals surface area contributed by atoms with Crippen LogP contribution in [0.2, 0.25) is 0 Å². The molecule has 0 bridgehead atoms. The van der Waals surface area contributed by atoms with Crippen molar-refractivity contribution in [3.05, 3.63) is 41.2 Å². The number of anilines is 1. The Balaban J connectivity index is 1.83. The average Bonchev–Trinajstić information content (AvgIpc) is 3.20. The Kier molecular flexibility index (Phi) is 4.60. The molecule has 26 heavy (non-hydrogen) atoms. The van der Waals surface area contributed by atoms with Gasteiger partial charge in [0.15, 0.2) is 5.69 Å². The third kappa shape index (κ3) is 3.36. The molecule has 3 aromatic rings. The van der Waals surface area contributed by atoms with Gasteiger partial charge in [0.25, 0.3) is 5.91 Å². The monoisotopic (exact) mass is 356 g/mol. The number of nitrogens with two attached hydrogens (primary N) is 1. The molecule has 0 aliphatic heterocycles. The second-order valence-corrected chi connectivity index (χ2v) is 5.66. The fourth-order valence-corrected chi connectivity index (χ4v) is 2.29. The number of hydrogen-bond donors (Lipinski definition) is 3. The van der Waals surface area contributed by atoms with Crippen LogP contribution in [-0.4, -0.2) is 42.5 Å². The number of phenolic OH excluding ortho intramolecular Hbond substituents is 1. The number of nitrogens with one attached hydrogen (secondary N) is 1. The van der Waals surface area contributed by atoms with E-state index in [2.05, 4.69) is 35.8 Å². The van der Waals surface area contributed by atoms with E-state index in [0.29, 0.717) is 11.3 Å². The third-order valence-corrected chi connectivity index (χ3v) is 3.41. The van der Waals surface area contributed by atoms with Gasteiger partial charge in [-0.1, -0.05) is 31.2 Å². The van der Waals surface area contributed by atoms with Gasteiger partial charge in [-0.3, -0.25) is 4.79 Å². The van der Waals surface area contributed by atoms with E-state index in [1.54, 1.807) is 12.1 Å². The van der Waals surface area contributed by atoms with Crippen LogP contribution in [0.15, 0.2) is 34.0 Å². The molecule has 0 aliphatic carbocycles. The molecule has 2 aromatic heterocycles. The summed E-state index contributed by atoms with van der Waals surface area (Å²) < 4.78 is 5.88. The molecule has 11 heteroatoms. The highest BCUT2D eigenvalue weighted by Gasteiger charge is 2.25. The first-order chi connectivity index (χ1) is 12.5. The highest BCUT2D eigenvalue weighted by molar-refractivity contribution is 5.94. The summed E-state index contributed by atoms with van der Waals surface area (Å²) in [5, 5.41) is 28.3. The molecule has 0 saturated heterocycles. The zero-order valence-electron chi connectivity index (χ0n) is 14.0. The van der Waals surface area contributed by atoms with Gasteiger partial charge in [0.05, 0.1) is 11.9 Å². The number of hydrazone groups is 1. The van der Waals surface area contributed by atoms with Gasteiger partial charge in [-0.15, -0.1) is 5.10 Å². The summed E-state index contributed by atoms with van der Waals surface area (Å²) in [6.45, 7) is 3.73. The predicted molar refractivity (Wildman–Crippen MR) is 90.9 cm³/mol. The molecule has 0 unspecified atom stereocenters. The number of carbonyl (C=O) groups excluding carboxylic acids is 1. The Hall–Kier alpha value is -3.76. The van der Waals surface area contributed by atoms with Crippen LogP contribution >= 0.6 is 0 Å². The number of carbonyl (C=O) groups is 1. The Morgan fingerprint density at radius 3 is 2.88 bits per heavy atom. The van der Waals surface area contributed by atoms with Crippen LogP contribution in [0.5, 0.6) is 5.75 Å². The Morgan fingerprint density at radius 1 is 1.42 bits per heavy atom. The fourth-order valence-electron chi connectivity index (χ4n) is 2.29. The van der Waals surface area contributed by atoms with Crippen molar-refractivity contribution >= 4 is 17.9 Å². The van der Waals surface area contributed by atoms with E-state index < -0.39 is 5.91 Å². The molecule has 1 aromatic carbocycles. The van der Waals surface area contributed by atoms with Crippen molar-refractivity contribution in [2.24, 2.45) is 5.10 Å². The van der Waals surface area contributed by atoms with Gasteiger partial charge in [0, 0.05) is 0 Å². The van der Waals surface area contributed by atoms with E-state index in [0.717, 1.165) is 0 Å². The maximum atomic E-state index is 12.4. The summed E-state index contributed by atoms with van der Waals surface area (Å²) in [7, 11) is 0. The lowest BCUT2D eigenvalue weighted by Crippen LogP contribution is -2.21. The Labute approximate surface area is 147 Å². The van der Waals surface area contributed by atoms with Crippen LogP contribution in [-0.2, 0) is 0 Å².